The van der Waals surface area contributed by atoms with E-state index in [1.165, 1.54) is 6.92 Å². The lowest BCUT2D eigenvalue weighted by molar-refractivity contribution is -0.177. The Hall–Kier alpha value is -2.43. The van der Waals surface area contributed by atoms with Crippen molar-refractivity contribution in [2.45, 2.75) is 51.0 Å². The molecule has 1 fully saturated rings. The second-order valence-corrected chi connectivity index (χ2v) is 5.67. The molecule has 22 heavy (non-hydrogen) atoms. The van der Waals surface area contributed by atoms with E-state index < -0.39 is 28.9 Å². The maximum absolute atomic E-state index is 12.4. The number of amides is 1. The van der Waals surface area contributed by atoms with E-state index in [4.69, 9.17) is 10.00 Å². The van der Waals surface area contributed by atoms with Crippen molar-refractivity contribution in [3.8, 4) is 6.07 Å². The summed E-state index contributed by atoms with van der Waals surface area (Å²) in [5.74, 6) is -2.78. The van der Waals surface area contributed by atoms with Gasteiger partial charge in [-0.3, -0.25) is 14.4 Å². The van der Waals surface area contributed by atoms with Crippen LogP contribution in [-0.4, -0.2) is 34.3 Å². The van der Waals surface area contributed by atoms with Crippen molar-refractivity contribution in [2.75, 3.05) is 0 Å². The third kappa shape index (κ3) is 2.43. The zero-order chi connectivity index (χ0) is 16.4. The third-order valence-corrected chi connectivity index (χ3v) is 4.30. The summed E-state index contributed by atoms with van der Waals surface area (Å²) in [6.45, 7) is 1.37. The highest BCUT2D eigenvalue weighted by atomic mass is 16.6. The summed E-state index contributed by atoms with van der Waals surface area (Å²) in [6.07, 6.45) is 1.93. The van der Waals surface area contributed by atoms with Gasteiger partial charge in [0.1, 0.15) is 0 Å². The molecule has 2 aliphatic rings. The number of ether oxygens (including phenoxy) is 1. The second-order valence-electron chi connectivity index (χ2n) is 5.67. The van der Waals surface area contributed by atoms with Gasteiger partial charge in [-0.2, -0.15) is 10.4 Å². The first-order chi connectivity index (χ1) is 10.4. The molecule has 1 atom stereocenters. The number of nitriles is 1. The lowest BCUT2D eigenvalue weighted by Crippen LogP contribution is -2.51. The van der Waals surface area contributed by atoms with Crippen molar-refractivity contribution in [3.63, 3.8) is 0 Å². The van der Waals surface area contributed by atoms with Gasteiger partial charge in [-0.15, -0.1) is 0 Å². The third-order valence-electron chi connectivity index (χ3n) is 4.30. The quantitative estimate of drug-likeness (QED) is 0.569. The molecule has 1 amide bonds. The predicted molar refractivity (Wildman–Crippen MR) is 73.5 cm³/mol. The van der Waals surface area contributed by atoms with Gasteiger partial charge in [0.15, 0.2) is 5.41 Å². The summed E-state index contributed by atoms with van der Waals surface area (Å²) in [7, 11) is 0. The van der Waals surface area contributed by atoms with Crippen molar-refractivity contribution in [1.82, 2.24) is 5.43 Å². The van der Waals surface area contributed by atoms with Crippen LogP contribution in [0.15, 0.2) is 5.10 Å². The van der Waals surface area contributed by atoms with Crippen molar-refractivity contribution < 1.29 is 24.2 Å². The van der Waals surface area contributed by atoms with Gasteiger partial charge in [-0.1, -0.05) is 12.8 Å². The average molecular weight is 307 g/mol. The van der Waals surface area contributed by atoms with Crippen molar-refractivity contribution >= 4 is 23.6 Å². The molecule has 1 aliphatic carbocycles. The van der Waals surface area contributed by atoms with Crippen LogP contribution < -0.4 is 5.43 Å². The maximum atomic E-state index is 12.4. The standard InChI is InChI=1S/C14H17N3O5/c1-13(9(5-4-8-15)16-17-10(13)18)22-12(21)14(11(19)20)6-2-3-7-14/h2-7H2,1H3,(H,17,18)(H,19,20). The summed E-state index contributed by atoms with van der Waals surface area (Å²) in [5, 5.41) is 21.8. The van der Waals surface area contributed by atoms with Gasteiger partial charge in [-0.05, 0) is 19.8 Å². The molecule has 118 valence electrons. The number of carboxylic acids is 1. The lowest BCUT2D eigenvalue weighted by atomic mass is 9.85. The fourth-order valence-corrected chi connectivity index (χ4v) is 2.80. The van der Waals surface area contributed by atoms with Crippen LogP contribution in [0.1, 0.15) is 45.4 Å². The van der Waals surface area contributed by atoms with E-state index in [-0.39, 0.29) is 31.4 Å². The Morgan fingerprint density at radius 3 is 2.64 bits per heavy atom. The molecule has 8 nitrogen and oxygen atoms in total. The molecule has 1 heterocycles. The number of aliphatic carboxylic acids is 1. The molecular weight excluding hydrogens is 290 g/mol. The summed E-state index contributed by atoms with van der Waals surface area (Å²) < 4.78 is 5.30. The van der Waals surface area contributed by atoms with Gasteiger partial charge in [-0.25, -0.2) is 5.43 Å². The van der Waals surface area contributed by atoms with E-state index in [1.807, 2.05) is 6.07 Å². The molecule has 0 aromatic carbocycles. The summed E-state index contributed by atoms with van der Waals surface area (Å²) >= 11 is 0. The number of hydrogen-bond donors (Lipinski definition) is 2. The van der Waals surface area contributed by atoms with Crippen LogP contribution in [0, 0.1) is 16.7 Å². The summed E-state index contributed by atoms with van der Waals surface area (Å²) in [4.78, 5) is 35.9. The molecule has 2 rings (SSSR count). The first-order valence-corrected chi connectivity index (χ1v) is 7.08. The van der Waals surface area contributed by atoms with Gasteiger partial charge in [0, 0.05) is 12.8 Å². The van der Waals surface area contributed by atoms with Crippen molar-refractivity contribution in [2.24, 2.45) is 10.5 Å². The molecule has 0 spiro atoms. The van der Waals surface area contributed by atoms with E-state index in [2.05, 4.69) is 10.5 Å². The minimum Gasteiger partial charge on any atom is -0.480 e. The Bertz CT molecular complexity index is 586. The smallest absolute Gasteiger partial charge is 0.324 e. The van der Waals surface area contributed by atoms with Gasteiger partial charge in [0.25, 0.3) is 5.91 Å². The highest BCUT2D eigenvalue weighted by Crippen LogP contribution is 2.41. The van der Waals surface area contributed by atoms with Crippen molar-refractivity contribution in [3.05, 3.63) is 0 Å². The molecule has 0 bridgehead atoms. The number of rotatable bonds is 5. The molecular formula is C14H17N3O5. The Labute approximate surface area is 127 Å². The molecule has 0 aromatic heterocycles. The van der Waals surface area contributed by atoms with Crippen LogP contribution >= 0.6 is 0 Å². The van der Waals surface area contributed by atoms with E-state index in [0.29, 0.717) is 12.8 Å². The zero-order valence-electron chi connectivity index (χ0n) is 12.2. The number of carbonyl (C=O) groups excluding carboxylic acids is 2. The van der Waals surface area contributed by atoms with Gasteiger partial charge in [0.05, 0.1) is 11.8 Å². The number of esters is 1. The number of nitrogens with one attached hydrogen (secondary N) is 1. The average Bonchev–Trinajstić information content (AvgIpc) is 3.06. The van der Waals surface area contributed by atoms with Crippen LogP contribution in [0.3, 0.4) is 0 Å². The Morgan fingerprint density at radius 2 is 2.09 bits per heavy atom. The lowest BCUT2D eigenvalue weighted by Gasteiger charge is -2.29. The molecule has 2 N–H and O–H groups in total. The maximum Gasteiger partial charge on any atom is 0.324 e. The number of carbonyl (C=O) groups is 3. The fraction of sp³-hybridized carbons (Fsp3) is 0.643. The molecule has 0 radical (unpaired) electrons. The second kappa shape index (κ2) is 5.75. The minimum atomic E-state index is -1.65. The Kier molecular flexibility index (Phi) is 4.17. The summed E-state index contributed by atoms with van der Waals surface area (Å²) in [5.41, 5.74) is -0.795. The molecule has 1 aliphatic heterocycles. The topological polar surface area (TPSA) is 129 Å². The van der Waals surface area contributed by atoms with Crippen molar-refractivity contribution in [1.29, 1.82) is 5.26 Å². The first-order valence-electron chi connectivity index (χ1n) is 7.08. The van der Waals surface area contributed by atoms with Crippen LogP contribution in [0.25, 0.3) is 0 Å². The number of nitrogens with zero attached hydrogens (tertiary/aromatic N) is 2. The van der Waals surface area contributed by atoms with E-state index in [9.17, 15) is 19.5 Å². The van der Waals surface area contributed by atoms with E-state index in [0.717, 1.165) is 0 Å². The predicted octanol–water partition coefficient (Wildman–Crippen LogP) is 0.723. The molecule has 1 saturated carbocycles. The minimum absolute atomic E-state index is 0.116. The Balaban J connectivity index is 2.22. The number of hydrogen-bond acceptors (Lipinski definition) is 6. The zero-order valence-corrected chi connectivity index (χ0v) is 12.2. The molecule has 1 unspecified atom stereocenters. The van der Waals surface area contributed by atoms with Gasteiger partial charge < -0.3 is 9.84 Å². The van der Waals surface area contributed by atoms with E-state index in [1.54, 1.807) is 0 Å². The molecule has 8 heteroatoms. The van der Waals surface area contributed by atoms with Gasteiger partial charge >= 0.3 is 11.9 Å². The van der Waals surface area contributed by atoms with Crippen LogP contribution in [0.5, 0.6) is 0 Å². The first kappa shape index (κ1) is 15.9. The monoisotopic (exact) mass is 307 g/mol. The summed E-state index contributed by atoms with van der Waals surface area (Å²) in [6, 6.07) is 1.93. The Morgan fingerprint density at radius 1 is 1.45 bits per heavy atom. The van der Waals surface area contributed by atoms with Gasteiger partial charge in [0.2, 0.25) is 5.60 Å². The normalized spacial score (nSPS) is 26.0. The fourth-order valence-electron chi connectivity index (χ4n) is 2.80. The highest BCUT2D eigenvalue weighted by molar-refractivity contribution is 6.16. The van der Waals surface area contributed by atoms with E-state index >= 15 is 0 Å². The molecule has 0 aromatic rings. The molecule has 0 saturated heterocycles. The number of carboxylic acid groups (broad SMARTS) is 1. The highest BCUT2D eigenvalue weighted by Gasteiger charge is 2.55. The number of hydrazone groups is 1. The van der Waals surface area contributed by atoms with Crippen LogP contribution in [0.2, 0.25) is 0 Å². The SMILES string of the molecule is CC1(OC(=O)C2(C(=O)O)CCCC2)C(=O)NN=C1CCC#N. The van der Waals surface area contributed by atoms with Crippen LogP contribution in [0.4, 0.5) is 0 Å². The largest absolute Gasteiger partial charge is 0.480 e. The van der Waals surface area contributed by atoms with Crippen LogP contribution in [-0.2, 0) is 19.1 Å².